The van der Waals surface area contributed by atoms with E-state index in [1.165, 1.54) is 11.1 Å². The van der Waals surface area contributed by atoms with Gasteiger partial charge in [-0.15, -0.1) is 0 Å². The third kappa shape index (κ3) is 5.32. The molecule has 0 saturated carbocycles. The van der Waals surface area contributed by atoms with Crippen LogP contribution in [-0.2, 0) is 0 Å². The third-order valence-corrected chi connectivity index (χ3v) is 5.45. The SMILES string of the molecule is Cc1cccc(NC(CC(=O)c2ccc(Br)cc2)c2ccc(C(C)C)cc2)c1. The Morgan fingerprint density at radius 3 is 2.18 bits per heavy atom. The first kappa shape index (κ1) is 20.3. The Morgan fingerprint density at radius 1 is 0.929 bits per heavy atom. The lowest BCUT2D eigenvalue weighted by atomic mass is 9.94. The first-order valence-corrected chi connectivity index (χ1v) is 10.4. The van der Waals surface area contributed by atoms with Gasteiger partial charge in [-0.3, -0.25) is 4.79 Å². The summed E-state index contributed by atoms with van der Waals surface area (Å²) in [5.41, 5.74) is 5.38. The largest absolute Gasteiger partial charge is 0.378 e. The molecule has 144 valence electrons. The number of hydrogen-bond donors (Lipinski definition) is 1. The lowest BCUT2D eigenvalue weighted by Crippen LogP contribution is -2.16. The molecule has 28 heavy (non-hydrogen) atoms. The summed E-state index contributed by atoms with van der Waals surface area (Å²) >= 11 is 3.43. The predicted octanol–water partition coefficient (Wildman–Crippen LogP) is 7.31. The van der Waals surface area contributed by atoms with Gasteiger partial charge < -0.3 is 5.32 Å². The van der Waals surface area contributed by atoms with E-state index < -0.39 is 0 Å². The fourth-order valence-corrected chi connectivity index (χ4v) is 3.50. The molecule has 0 spiro atoms. The van der Waals surface area contributed by atoms with E-state index in [1.54, 1.807) is 0 Å². The number of rotatable bonds is 7. The number of hydrogen-bond acceptors (Lipinski definition) is 2. The number of carbonyl (C=O) groups is 1. The Kier molecular flexibility index (Phi) is 6.69. The topological polar surface area (TPSA) is 29.1 Å². The normalized spacial score (nSPS) is 12.0. The summed E-state index contributed by atoms with van der Waals surface area (Å²) < 4.78 is 0.975. The van der Waals surface area contributed by atoms with E-state index in [4.69, 9.17) is 0 Å². The highest BCUT2D eigenvalue weighted by molar-refractivity contribution is 9.10. The number of benzene rings is 3. The van der Waals surface area contributed by atoms with Gasteiger partial charge >= 0.3 is 0 Å². The zero-order chi connectivity index (χ0) is 20.1. The summed E-state index contributed by atoms with van der Waals surface area (Å²) in [6.45, 7) is 6.45. The molecule has 0 fully saturated rings. The first-order valence-electron chi connectivity index (χ1n) is 9.64. The van der Waals surface area contributed by atoms with Crippen LogP contribution >= 0.6 is 15.9 Å². The lowest BCUT2D eigenvalue weighted by molar-refractivity contribution is 0.0976. The van der Waals surface area contributed by atoms with E-state index >= 15 is 0 Å². The van der Waals surface area contributed by atoms with Gasteiger partial charge in [-0.2, -0.15) is 0 Å². The van der Waals surface area contributed by atoms with Crippen molar-refractivity contribution in [3.8, 4) is 0 Å². The molecule has 0 aliphatic carbocycles. The molecule has 0 aliphatic rings. The van der Waals surface area contributed by atoms with Crippen LogP contribution in [0.15, 0.2) is 77.3 Å². The average molecular weight is 436 g/mol. The van der Waals surface area contributed by atoms with Gasteiger partial charge in [0.1, 0.15) is 0 Å². The van der Waals surface area contributed by atoms with E-state index in [1.807, 2.05) is 36.4 Å². The number of nitrogens with one attached hydrogen (secondary N) is 1. The second-order valence-electron chi connectivity index (χ2n) is 7.52. The molecular formula is C25H26BrNO. The smallest absolute Gasteiger partial charge is 0.165 e. The van der Waals surface area contributed by atoms with Crippen LogP contribution in [0.2, 0.25) is 0 Å². The Labute approximate surface area is 176 Å². The summed E-state index contributed by atoms with van der Waals surface area (Å²) in [6.07, 6.45) is 0.399. The molecule has 1 unspecified atom stereocenters. The van der Waals surface area contributed by atoms with Crippen molar-refractivity contribution in [2.45, 2.75) is 39.2 Å². The second-order valence-corrected chi connectivity index (χ2v) is 8.44. The molecule has 1 atom stereocenters. The fraction of sp³-hybridized carbons (Fsp3) is 0.240. The minimum absolute atomic E-state index is 0.0841. The Morgan fingerprint density at radius 2 is 1.57 bits per heavy atom. The summed E-state index contributed by atoms with van der Waals surface area (Å²) in [4.78, 5) is 12.9. The summed E-state index contributed by atoms with van der Waals surface area (Å²) in [7, 11) is 0. The Hall–Kier alpha value is -2.39. The summed E-state index contributed by atoms with van der Waals surface area (Å²) in [6, 6.07) is 24.3. The molecule has 1 N–H and O–H groups in total. The molecule has 2 nitrogen and oxygen atoms in total. The number of ketones is 1. The molecule has 3 aromatic carbocycles. The van der Waals surface area contributed by atoms with Gasteiger partial charge in [0.2, 0.25) is 0 Å². The minimum Gasteiger partial charge on any atom is -0.378 e. The van der Waals surface area contributed by atoms with Gasteiger partial charge in [-0.05, 0) is 53.8 Å². The van der Waals surface area contributed by atoms with Crippen molar-refractivity contribution >= 4 is 27.4 Å². The lowest BCUT2D eigenvalue weighted by Gasteiger charge is -2.21. The van der Waals surface area contributed by atoms with Gasteiger partial charge in [0, 0.05) is 22.1 Å². The van der Waals surface area contributed by atoms with Crippen LogP contribution in [-0.4, -0.2) is 5.78 Å². The van der Waals surface area contributed by atoms with Crippen molar-refractivity contribution in [3.05, 3.63) is 99.5 Å². The van der Waals surface area contributed by atoms with E-state index in [-0.39, 0.29) is 11.8 Å². The zero-order valence-electron chi connectivity index (χ0n) is 16.6. The number of carbonyl (C=O) groups excluding carboxylic acids is 1. The van der Waals surface area contributed by atoms with Crippen molar-refractivity contribution in [2.24, 2.45) is 0 Å². The number of anilines is 1. The Bertz CT molecular complexity index is 930. The molecule has 0 radical (unpaired) electrons. The van der Waals surface area contributed by atoms with Gasteiger partial charge in [0.15, 0.2) is 5.78 Å². The van der Waals surface area contributed by atoms with E-state index in [9.17, 15) is 4.79 Å². The van der Waals surface area contributed by atoms with Crippen molar-refractivity contribution in [2.75, 3.05) is 5.32 Å². The first-order chi connectivity index (χ1) is 13.4. The molecular weight excluding hydrogens is 410 g/mol. The minimum atomic E-state index is -0.0841. The van der Waals surface area contributed by atoms with Crippen LogP contribution in [0.4, 0.5) is 5.69 Å². The highest BCUT2D eigenvalue weighted by Gasteiger charge is 2.18. The molecule has 3 rings (SSSR count). The molecule has 0 amide bonds. The number of Topliss-reactive ketones (excluding diaryl/α,β-unsaturated/α-hetero) is 1. The van der Waals surface area contributed by atoms with Crippen molar-refractivity contribution in [1.29, 1.82) is 0 Å². The molecule has 0 saturated heterocycles. The molecule has 0 heterocycles. The Balaban J connectivity index is 1.86. The van der Waals surface area contributed by atoms with Crippen LogP contribution in [0.1, 0.15) is 59.3 Å². The van der Waals surface area contributed by atoms with Crippen LogP contribution in [0.5, 0.6) is 0 Å². The van der Waals surface area contributed by atoms with Crippen LogP contribution in [0, 0.1) is 6.92 Å². The average Bonchev–Trinajstić information content (AvgIpc) is 2.68. The second kappa shape index (κ2) is 9.20. The van der Waals surface area contributed by atoms with Crippen LogP contribution in [0.3, 0.4) is 0 Å². The highest BCUT2D eigenvalue weighted by Crippen LogP contribution is 2.27. The standard InChI is InChI=1S/C25H26BrNO/c1-17(2)19-7-9-20(10-8-19)24(27-23-6-4-5-18(3)15-23)16-25(28)21-11-13-22(26)14-12-21/h4-15,17,24,27H,16H2,1-3H3. The van der Waals surface area contributed by atoms with E-state index in [2.05, 4.69) is 78.4 Å². The summed E-state index contributed by atoms with van der Waals surface area (Å²) in [5.74, 6) is 0.618. The molecule has 0 bridgehead atoms. The van der Waals surface area contributed by atoms with Crippen LogP contribution in [0.25, 0.3) is 0 Å². The van der Waals surface area contributed by atoms with Crippen LogP contribution < -0.4 is 5.32 Å². The van der Waals surface area contributed by atoms with E-state index in [0.29, 0.717) is 12.3 Å². The van der Waals surface area contributed by atoms with Crippen molar-refractivity contribution in [1.82, 2.24) is 0 Å². The molecule has 3 aromatic rings. The van der Waals surface area contributed by atoms with Crippen molar-refractivity contribution in [3.63, 3.8) is 0 Å². The van der Waals surface area contributed by atoms with E-state index in [0.717, 1.165) is 21.3 Å². The van der Waals surface area contributed by atoms with Gasteiger partial charge in [0.05, 0.1) is 6.04 Å². The molecule has 3 heteroatoms. The molecule has 0 aromatic heterocycles. The number of aryl methyl sites for hydroxylation is 1. The predicted molar refractivity (Wildman–Crippen MR) is 121 cm³/mol. The molecule has 0 aliphatic heterocycles. The van der Waals surface area contributed by atoms with Gasteiger partial charge in [0.25, 0.3) is 0 Å². The third-order valence-electron chi connectivity index (χ3n) is 4.92. The maximum Gasteiger partial charge on any atom is 0.165 e. The highest BCUT2D eigenvalue weighted by atomic mass is 79.9. The monoisotopic (exact) mass is 435 g/mol. The maximum atomic E-state index is 12.9. The quantitative estimate of drug-likeness (QED) is 0.394. The zero-order valence-corrected chi connectivity index (χ0v) is 18.2. The fourth-order valence-electron chi connectivity index (χ4n) is 3.24. The summed E-state index contributed by atoms with van der Waals surface area (Å²) in [5, 5.41) is 3.57. The van der Waals surface area contributed by atoms with Gasteiger partial charge in [-0.1, -0.05) is 78.3 Å². The van der Waals surface area contributed by atoms with Crippen molar-refractivity contribution < 1.29 is 4.79 Å². The maximum absolute atomic E-state index is 12.9. The van der Waals surface area contributed by atoms with Gasteiger partial charge in [-0.25, -0.2) is 0 Å². The number of halogens is 1.